The van der Waals surface area contributed by atoms with Crippen LogP contribution in [-0.4, -0.2) is 24.0 Å². The van der Waals surface area contributed by atoms with Crippen molar-refractivity contribution in [2.24, 2.45) is 0 Å². The lowest BCUT2D eigenvalue weighted by Gasteiger charge is -2.22. The van der Waals surface area contributed by atoms with Crippen molar-refractivity contribution in [1.29, 1.82) is 0 Å². The second-order valence-corrected chi connectivity index (χ2v) is 4.72. The smallest absolute Gasteiger partial charge is 0.123 e. The van der Waals surface area contributed by atoms with E-state index in [0.29, 0.717) is 6.04 Å². The Labute approximate surface area is 89.9 Å². The first-order valence-corrected chi connectivity index (χ1v) is 5.84. The third-order valence-electron chi connectivity index (χ3n) is 3.74. The van der Waals surface area contributed by atoms with Gasteiger partial charge in [-0.1, -0.05) is 6.07 Å². The molecule has 0 amide bonds. The predicted octanol–water partition coefficient (Wildman–Crippen LogP) is 2.39. The highest BCUT2D eigenvalue weighted by atomic mass is 19.1. The Morgan fingerprint density at radius 3 is 2.60 bits per heavy atom. The number of halogens is 1. The number of rotatable bonds is 1. The molecule has 0 N–H and O–H groups in total. The Morgan fingerprint density at radius 1 is 1.07 bits per heavy atom. The van der Waals surface area contributed by atoms with Gasteiger partial charge in [-0.25, -0.2) is 4.39 Å². The largest absolute Gasteiger partial charge is 0.300 e. The molecule has 15 heavy (non-hydrogen) atoms. The monoisotopic (exact) mass is 205 g/mol. The Morgan fingerprint density at radius 2 is 1.80 bits per heavy atom. The maximum atomic E-state index is 13.1. The van der Waals surface area contributed by atoms with Gasteiger partial charge in [-0.2, -0.15) is 0 Å². The Bertz CT molecular complexity index is 369. The molecule has 1 saturated heterocycles. The number of likely N-dealkylation sites (tertiary alicyclic amines) is 1. The number of fused-ring (bicyclic) bond motifs is 1. The normalized spacial score (nSPS) is 25.8. The van der Waals surface area contributed by atoms with Crippen molar-refractivity contribution in [2.45, 2.75) is 31.7 Å². The molecule has 1 nitrogen and oxygen atoms in total. The van der Waals surface area contributed by atoms with E-state index in [0.717, 1.165) is 12.8 Å². The molecule has 0 unspecified atom stereocenters. The molecule has 0 aromatic heterocycles. The van der Waals surface area contributed by atoms with E-state index in [1.54, 1.807) is 12.1 Å². The average molecular weight is 205 g/mol. The summed E-state index contributed by atoms with van der Waals surface area (Å²) < 4.78 is 13.1. The van der Waals surface area contributed by atoms with Gasteiger partial charge in [0.05, 0.1) is 0 Å². The Hall–Kier alpha value is -0.890. The molecular formula is C13H16FN. The lowest BCUT2D eigenvalue weighted by Crippen LogP contribution is -2.33. The molecule has 1 heterocycles. The van der Waals surface area contributed by atoms with Crippen molar-refractivity contribution in [3.63, 3.8) is 0 Å². The molecule has 1 aliphatic heterocycles. The zero-order chi connectivity index (χ0) is 10.3. The zero-order valence-electron chi connectivity index (χ0n) is 8.88. The van der Waals surface area contributed by atoms with E-state index in [4.69, 9.17) is 0 Å². The molecule has 0 saturated carbocycles. The summed E-state index contributed by atoms with van der Waals surface area (Å²) in [5, 5.41) is 0. The van der Waals surface area contributed by atoms with Gasteiger partial charge in [-0.15, -0.1) is 0 Å². The maximum absolute atomic E-state index is 13.1. The van der Waals surface area contributed by atoms with Crippen LogP contribution in [0.3, 0.4) is 0 Å². The molecular weight excluding hydrogens is 189 g/mol. The zero-order valence-corrected chi connectivity index (χ0v) is 8.88. The summed E-state index contributed by atoms with van der Waals surface area (Å²) in [6, 6.07) is 5.90. The lowest BCUT2D eigenvalue weighted by atomic mass is 10.1. The maximum Gasteiger partial charge on any atom is 0.123 e. The molecule has 80 valence electrons. The molecule has 2 aliphatic rings. The molecule has 0 spiro atoms. The fourth-order valence-electron chi connectivity index (χ4n) is 2.93. The van der Waals surface area contributed by atoms with E-state index in [9.17, 15) is 4.39 Å². The minimum Gasteiger partial charge on any atom is -0.300 e. The SMILES string of the molecule is Fc1ccc2c(c1)C[C@@H](N1CCCC1)C2. The summed E-state index contributed by atoms with van der Waals surface area (Å²) in [4.78, 5) is 2.57. The van der Waals surface area contributed by atoms with Gasteiger partial charge in [0.25, 0.3) is 0 Å². The van der Waals surface area contributed by atoms with Crippen LogP contribution in [0.1, 0.15) is 24.0 Å². The highest BCUT2D eigenvalue weighted by molar-refractivity contribution is 5.34. The van der Waals surface area contributed by atoms with Crippen LogP contribution in [0.15, 0.2) is 18.2 Å². The van der Waals surface area contributed by atoms with E-state index < -0.39 is 0 Å². The van der Waals surface area contributed by atoms with Gasteiger partial charge in [0.15, 0.2) is 0 Å². The highest BCUT2D eigenvalue weighted by Crippen LogP contribution is 2.28. The molecule has 1 aromatic carbocycles. The van der Waals surface area contributed by atoms with E-state index >= 15 is 0 Å². The Kier molecular flexibility index (Phi) is 2.24. The number of benzene rings is 1. The average Bonchev–Trinajstić information content (AvgIpc) is 2.84. The van der Waals surface area contributed by atoms with Crippen molar-refractivity contribution < 1.29 is 4.39 Å². The summed E-state index contributed by atoms with van der Waals surface area (Å²) in [6.07, 6.45) is 4.84. The number of hydrogen-bond donors (Lipinski definition) is 0. The first-order valence-electron chi connectivity index (χ1n) is 5.84. The van der Waals surface area contributed by atoms with Crippen LogP contribution in [0.2, 0.25) is 0 Å². The standard InChI is InChI=1S/C13H16FN/c14-12-4-3-10-8-13(9-11(10)7-12)15-5-1-2-6-15/h3-4,7,13H,1-2,5-6,8-9H2/t13-/m0/s1. The fraction of sp³-hybridized carbons (Fsp3) is 0.538. The minimum absolute atomic E-state index is 0.0872. The number of nitrogens with zero attached hydrogens (tertiary/aromatic N) is 1. The predicted molar refractivity (Wildman–Crippen MR) is 58.4 cm³/mol. The second kappa shape index (κ2) is 3.60. The summed E-state index contributed by atoms with van der Waals surface area (Å²) >= 11 is 0. The highest BCUT2D eigenvalue weighted by Gasteiger charge is 2.28. The quantitative estimate of drug-likeness (QED) is 0.680. The van der Waals surface area contributed by atoms with Crippen molar-refractivity contribution in [1.82, 2.24) is 4.90 Å². The van der Waals surface area contributed by atoms with Gasteiger partial charge in [0, 0.05) is 6.04 Å². The first kappa shape index (κ1) is 9.34. The van der Waals surface area contributed by atoms with Gasteiger partial charge >= 0.3 is 0 Å². The number of hydrogen-bond acceptors (Lipinski definition) is 1. The molecule has 1 atom stereocenters. The van der Waals surface area contributed by atoms with Crippen molar-refractivity contribution in [3.8, 4) is 0 Å². The molecule has 1 aromatic rings. The van der Waals surface area contributed by atoms with Crippen molar-refractivity contribution >= 4 is 0 Å². The van der Waals surface area contributed by atoms with Crippen LogP contribution in [0.4, 0.5) is 4.39 Å². The summed E-state index contributed by atoms with van der Waals surface area (Å²) in [6.45, 7) is 2.47. The lowest BCUT2D eigenvalue weighted by molar-refractivity contribution is 0.250. The van der Waals surface area contributed by atoms with Crippen LogP contribution in [0.25, 0.3) is 0 Å². The molecule has 1 fully saturated rings. The van der Waals surface area contributed by atoms with Crippen molar-refractivity contribution in [3.05, 3.63) is 35.1 Å². The topological polar surface area (TPSA) is 3.24 Å². The van der Waals surface area contributed by atoms with Gasteiger partial charge in [-0.3, -0.25) is 4.90 Å². The van der Waals surface area contributed by atoms with Gasteiger partial charge in [-0.05, 0) is 62.0 Å². The van der Waals surface area contributed by atoms with E-state index in [1.165, 1.54) is 37.1 Å². The van der Waals surface area contributed by atoms with E-state index in [2.05, 4.69) is 4.90 Å². The second-order valence-electron chi connectivity index (χ2n) is 4.72. The summed E-state index contributed by atoms with van der Waals surface area (Å²) in [5.74, 6) is -0.0872. The van der Waals surface area contributed by atoms with E-state index in [-0.39, 0.29) is 5.82 Å². The molecule has 0 bridgehead atoms. The van der Waals surface area contributed by atoms with Gasteiger partial charge in [0.1, 0.15) is 5.82 Å². The molecule has 3 rings (SSSR count). The third kappa shape index (κ3) is 1.67. The summed E-state index contributed by atoms with van der Waals surface area (Å²) in [7, 11) is 0. The first-order chi connectivity index (χ1) is 7.33. The molecule has 1 aliphatic carbocycles. The minimum atomic E-state index is -0.0872. The Balaban J connectivity index is 1.79. The fourth-order valence-corrected chi connectivity index (χ4v) is 2.93. The van der Waals surface area contributed by atoms with E-state index in [1.807, 2.05) is 6.07 Å². The van der Waals surface area contributed by atoms with Crippen LogP contribution in [-0.2, 0) is 12.8 Å². The van der Waals surface area contributed by atoms with Crippen molar-refractivity contribution in [2.75, 3.05) is 13.1 Å². The van der Waals surface area contributed by atoms with Crippen LogP contribution < -0.4 is 0 Å². The van der Waals surface area contributed by atoms with Gasteiger partial charge < -0.3 is 0 Å². The third-order valence-corrected chi connectivity index (χ3v) is 3.74. The molecule has 2 heteroatoms. The molecule has 0 radical (unpaired) electrons. The van der Waals surface area contributed by atoms with Gasteiger partial charge in [0.2, 0.25) is 0 Å². The van der Waals surface area contributed by atoms with Crippen LogP contribution in [0, 0.1) is 5.82 Å². The van der Waals surface area contributed by atoms with Crippen LogP contribution in [0.5, 0.6) is 0 Å². The van der Waals surface area contributed by atoms with Crippen LogP contribution >= 0.6 is 0 Å². The summed E-state index contributed by atoms with van der Waals surface area (Å²) in [5.41, 5.74) is 2.58.